The van der Waals surface area contributed by atoms with Crippen LogP contribution in [-0.4, -0.2) is 27.9 Å². The number of halogens is 1. The summed E-state index contributed by atoms with van der Waals surface area (Å²) in [5.41, 5.74) is 2.26. The van der Waals surface area contributed by atoms with Gasteiger partial charge in [0.2, 0.25) is 0 Å². The molecule has 42 heavy (non-hydrogen) atoms. The molecule has 1 saturated heterocycles. The van der Waals surface area contributed by atoms with Gasteiger partial charge in [-0.2, -0.15) is 0 Å². The first-order valence-corrected chi connectivity index (χ1v) is 14.2. The Kier molecular flexibility index (Phi) is 6.24. The summed E-state index contributed by atoms with van der Waals surface area (Å²) in [5, 5.41) is 11.8. The quantitative estimate of drug-likeness (QED) is 0.135. The molecule has 1 aromatic heterocycles. The summed E-state index contributed by atoms with van der Waals surface area (Å²) in [7, 11) is 0. The smallest absolute Gasteiger partial charge is 0.301 e. The molecule has 0 spiro atoms. The minimum absolute atomic E-state index is 0.000738. The normalized spacial score (nSPS) is 19.2. The van der Waals surface area contributed by atoms with Crippen molar-refractivity contribution in [3.8, 4) is 17.2 Å². The Balaban J connectivity index is 1.38. The van der Waals surface area contributed by atoms with Gasteiger partial charge in [0, 0.05) is 12.0 Å². The van der Waals surface area contributed by atoms with Gasteiger partial charge in [0.25, 0.3) is 5.78 Å². The maximum absolute atomic E-state index is 14.0. The summed E-state index contributed by atoms with van der Waals surface area (Å²) in [6.07, 6.45) is 0.661. The maximum Gasteiger partial charge on any atom is 0.301 e. The number of Topliss-reactive ketones (excluding diaryl/α,β-unsaturated/α-hetero) is 1. The molecule has 1 amide bonds. The number of aliphatic hydroxyl groups is 1. The van der Waals surface area contributed by atoms with Gasteiger partial charge in [-0.1, -0.05) is 41.7 Å². The van der Waals surface area contributed by atoms with E-state index in [-0.39, 0.29) is 22.6 Å². The number of hydrogen-bond acceptors (Lipinski definition) is 7. The first-order chi connectivity index (χ1) is 20.4. The highest BCUT2D eigenvalue weighted by molar-refractivity contribution is 7.22. The minimum Gasteiger partial charge on any atom is -0.507 e. The van der Waals surface area contributed by atoms with E-state index in [1.54, 1.807) is 42.5 Å². The second kappa shape index (κ2) is 10.1. The number of rotatable bonds is 5. The van der Waals surface area contributed by atoms with Gasteiger partial charge in [-0.15, -0.1) is 0 Å². The van der Waals surface area contributed by atoms with Crippen molar-refractivity contribution in [1.29, 1.82) is 0 Å². The predicted molar refractivity (Wildman–Crippen MR) is 158 cm³/mol. The number of nitrogens with zero attached hydrogens (tertiary/aromatic N) is 2. The second-order valence-electron chi connectivity index (χ2n) is 10.2. The average molecular weight is 579 g/mol. The highest BCUT2D eigenvalue weighted by Gasteiger charge is 2.48. The molecule has 208 valence electrons. The topological polar surface area (TPSA) is 89.0 Å². The Bertz CT molecular complexity index is 1920. The highest BCUT2D eigenvalue weighted by Crippen LogP contribution is 2.45. The fourth-order valence-corrected chi connectivity index (χ4v) is 6.45. The van der Waals surface area contributed by atoms with E-state index in [2.05, 4.69) is 4.98 Å². The summed E-state index contributed by atoms with van der Waals surface area (Å²) in [4.78, 5) is 33.2. The van der Waals surface area contributed by atoms with Gasteiger partial charge in [-0.3, -0.25) is 14.5 Å². The van der Waals surface area contributed by atoms with Crippen LogP contribution in [-0.2, 0) is 16.0 Å². The van der Waals surface area contributed by atoms with Crippen LogP contribution in [0.4, 0.5) is 9.52 Å². The van der Waals surface area contributed by atoms with E-state index in [0.717, 1.165) is 22.6 Å². The van der Waals surface area contributed by atoms with Crippen molar-refractivity contribution in [2.75, 3.05) is 4.90 Å². The third kappa shape index (κ3) is 4.48. The molecule has 0 radical (unpaired) electrons. The molecule has 9 heteroatoms. The molecule has 2 atom stereocenters. The fraction of sp³-hybridized carbons (Fsp3) is 0.121. The SMILES string of the molecule is CC1Cc2cc(/C(O)=C3/C(=O)C(=O)N(c4nc5ccc(F)cc5s4)C3c3cccc(Oc4ccccc4)c3)ccc2O1. The van der Waals surface area contributed by atoms with Crippen LogP contribution in [0.5, 0.6) is 17.2 Å². The zero-order valence-electron chi connectivity index (χ0n) is 22.3. The zero-order valence-corrected chi connectivity index (χ0v) is 23.1. The molecule has 1 N–H and O–H groups in total. The molecule has 2 unspecified atom stereocenters. The van der Waals surface area contributed by atoms with Gasteiger partial charge in [0.05, 0.1) is 21.8 Å². The number of aromatic nitrogens is 1. The summed E-state index contributed by atoms with van der Waals surface area (Å²) >= 11 is 1.10. The molecule has 0 bridgehead atoms. The number of amides is 1. The molecular weight excluding hydrogens is 555 g/mol. The van der Waals surface area contributed by atoms with Crippen LogP contribution in [0.25, 0.3) is 16.0 Å². The van der Waals surface area contributed by atoms with Crippen LogP contribution in [0.3, 0.4) is 0 Å². The molecule has 2 aliphatic rings. The van der Waals surface area contributed by atoms with Crippen LogP contribution >= 0.6 is 11.3 Å². The Morgan fingerprint density at radius 3 is 2.64 bits per heavy atom. The molecule has 0 aliphatic carbocycles. The summed E-state index contributed by atoms with van der Waals surface area (Å²) < 4.78 is 26.3. The number of aliphatic hydroxyl groups excluding tert-OH is 1. The molecule has 1 fully saturated rings. The number of carbonyl (C=O) groups is 2. The van der Waals surface area contributed by atoms with Crippen LogP contribution in [0.15, 0.2) is 96.6 Å². The lowest BCUT2D eigenvalue weighted by atomic mass is 9.94. The van der Waals surface area contributed by atoms with Crippen molar-refractivity contribution in [2.45, 2.75) is 25.5 Å². The van der Waals surface area contributed by atoms with Crippen LogP contribution in [0, 0.1) is 5.82 Å². The van der Waals surface area contributed by atoms with Crippen molar-refractivity contribution < 1.29 is 28.6 Å². The number of hydrogen-bond donors (Lipinski definition) is 1. The first-order valence-electron chi connectivity index (χ1n) is 13.4. The Hall–Kier alpha value is -5.02. The number of carbonyl (C=O) groups excluding carboxylic acids is 2. The van der Waals surface area contributed by atoms with E-state index in [4.69, 9.17) is 9.47 Å². The van der Waals surface area contributed by atoms with E-state index in [1.807, 2.05) is 37.3 Å². The van der Waals surface area contributed by atoms with Crippen molar-refractivity contribution in [3.05, 3.63) is 119 Å². The zero-order chi connectivity index (χ0) is 29.0. The second-order valence-corrected chi connectivity index (χ2v) is 11.2. The monoisotopic (exact) mass is 578 g/mol. The largest absolute Gasteiger partial charge is 0.507 e. The summed E-state index contributed by atoms with van der Waals surface area (Å²) in [6.45, 7) is 1.96. The van der Waals surface area contributed by atoms with Gasteiger partial charge in [-0.25, -0.2) is 9.37 Å². The lowest BCUT2D eigenvalue weighted by molar-refractivity contribution is -0.132. The van der Waals surface area contributed by atoms with Crippen molar-refractivity contribution in [3.63, 3.8) is 0 Å². The number of anilines is 1. The predicted octanol–water partition coefficient (Wildman–Crippen LogP) is 7.18. The molecule has 7 nitrogen and oxygen atoms in total. The van der Waals surface area contributed by atoms with Crippen molar-refractivity contribution in [2.24, 2.45) is 0 Å². The van der Waals surface area contributed by atoms with E-state index in [9.17, 15) is 19.1 Å². The molecule has 4 aromatic carbocycles. The average Bonchev–Trinajstić information content (AvgIpc) is 3.65. The third-order valence-corrected chi connectivity index (χ3v) is 8.33. The van der Waals surface area contributed by atoms with Crippen molar-refractivity contribution >= 4 is 44.1 Å². The molecular formula is C33H23FN2O5S. The molecule has 0 saturated carbocycles. The maximum atomic E-state index is 14.0. The lowest BCUT2D eigenvalue weighted by Crippen LogP contribution is -2.29. The van der Waals surface area contributed by atoms with Crippen LogP contribution < -0.4 is 14.4 Å². The number of ether oxygens (including phenoxy) is 2. The Labute approximate surface area is 244 Å². The van der Waals surface area contributed by atoms with Gasteiger partial charge < -0.3 is 14.6 Å². The highest BCUT2D eigenvalue weighted by atomic mass is 32.1. The van der Waals surface area contributed by atoms with E-state index >= 15 is 0 Å². The number of thiazole rings is 1. The summed E-state index contributed by atoms with van der Waals surface area (Å²) in [6, 6.07) is 24.6. The number of para-hydroxylation sites is 1. The number of ketones is 1. The summed E-state index contributed by atoms with van der Waals surface area (Å²) in [5.74, 6) is -0.591. The molecule has 7 rings (SSSR count). The van der Waals surface area contributed by atoms with Gasteiger partial charge >= 0.3 is 5.91 Å². The first kappa shape index (κ1) is 25.9. The van der Waals surface area contributed by atoms with E-state index < -0.39 is 23.5 Å². The Morgan fingerprint density at radius 1 is 1.00 bits per heavy atom. The van der Waals surface area contributed by atoms with Gasteiger partial charge in [0.15, 0.2) is 5.13 Å². The molecule has 3 heterocycles. The van der Waals surface area contributed by atoms with Crippen LogP contribution in [0.1, 0.15) is 29.7 Å². The molecule has 2 aliphatic heterocycles. The van der Waals surface area contributed by atoms with Crippen molar-refractivity contribution in [1.82, 2.24) is 4.98 Å². The Morgan fingerprint density at radius 2 is 1.81 bits per heavy atom. The number of fused-ring (bicyclic) bond motifs is 2. The molecule has 5 aromatic rings. The van der Waals surface area contributed by atoms with Gasteiger partial charge in [-0.05, 0) is 78.7 Å². The standard InChI is InChI=1S/C33H23FN2O5S/c1-18-14-21-15-20(10-13-26(21)40-18)30(37)28-29(19-6-5-9-24(16-19)41-23-7-3-2-4-8-23)36(32(39)31(28)38)33-35-25-12-11-22(34)17-27(25)42-33/h2-13,15-18,29,37H,14H2,1H3/b30-28-. The van der Waals surface area contributed by atoms with Gasteiger partial charge in [0.1, 0.15) is 34.9 Å². The third-order valence-electron chi connectivity index (χ3n) is 7.31. The van der Waals surface area contributed by atoms with E-state index in [0.29, 0.717) is 39.3 Å². The fourth-order valence-electron chi connectivity index (χ4n) is 5.43. The van der Waals surface area contributed by atoms with Crippen LogP contribution in [0.2, 0.25) is 0 Å². The van der Waals surface area contributed by atoms with E-state index in [1.165, 1.54) is 23.1 Å². The minimum atomic E-state index is -1.02. The lowest BCUT2D eigenvalue weighted by Gasteiger charge is -2.23. The number of benzene rings is 4.